The Kier molecular flexibility index (Phi) is 6.93. The Bertz CT molecular complexity index is 776. The number of amides is 1. The van der Waals surface area contributed by atoms with Crippen molar-refractivity contribution in [1.82, 2.24) is 4.90 Å². The molecule has 150 valence electrons. The van der Waals surface area contributed by atoms with E-state index in [0.717, 1.165) is 56.1 Å². The van der Waals surface area contributed by atoms with E-state index in [1.807, 2.05) is 18.2 Å². The van der Waals surface area contributed by atoms with Crippen LogP contribution >= 0.6 is 0 Å². The number of para-hydroxylation sites is 3. The summed E-state index contributed by atoms with van der Waals surface area (Å²) in [5.74, 6) is 0.971. The molecule has 1 N–H and O–H groups in total. The van der Waals surface area contributed by atoms with Gasteiger partial charge in [0.25, 0.3) is 0 Å². The van der Waals surface area contributed by atoms with Gasteiger partial charge in [-0.05, 0) is 36.1 Å². The molecule has 0 spiro atoms. The normalized spacial score (nSPS) is 14.8. The number of nitrogens with zero attached hydrogens (tertiary/aromatic N) is 2. The molecule has 1 fully saturated rings. The molecule has 3 rings (SSSR count). The van der Waals surface area contributed by atoms with Gasteiger partial charge in [0, 0.05) is 31.9 Å². The van der Waals surface area contributed by atoms with Crippen molar-refractivity contribution >= 4 is 17.3 Å². The van der Waals surface area contributed by atoms with Crippen molar-refractivity contribution in [3.8, 4) is 5.75 Å². The SMILES string of the molecule is CCc1cccc(CC)c1NC(=O)CN1CCN(c2ccccc2OC)CC1. The van der Waals surface area contributed by atoms with Crippen molar-refractivity contribution in [2.75, 3.05) is 50.1 Å². The number of piperazine rings is 1. The van der Waals surface area contributed by atoms with Gasteiger partial charge in [-0.25, -0.2) is 0 Å². The Labute approximate surface area is 168 Å². The zero-order valence-electron chi connectivity index (χ0n) is 17.2. The maximum Gasteiger partial charge on any atom is 0.238 e. The molecule has 0 aromatic heterocycles. The van der Waals surface area contributed by atoms with Gasteiger partial charge in [0.2, 0.25) is 5.91 Å². The highest BCUT2D eigenvalue weighted by Gasteiger charge is 2.21. The predicted octanol–water partition coefficient (Wildman–Crippen LogP) is 3.58. The summed E-state index contributed by atoms with van der Waals surface area (Å²) in [5, 5.41) is 3.18. The van der Waals surface area contributed by atoms with Crippen LogP contribution in [-0.4, -0.2) is 50.6 Å². The predicted molar refractivity (Wildman–Crippen MR) is 115 cm³/mol. The minimum atomic E-state index is 0.0707. The summed E-state index contributed by atoms with van der Waals surface area (Å²) < 4.78 is 5.48. The first-order valence-corrected chi connectivity index (χ1v) is 10.2. The lowest BCUT2D eigenvalue weighted by Crippen LogP contribution is -2.48. The number of carbonyl (C=O) groups excluding carboxylic acids is 1. The molecule has 1 aliphatic heterocycles. The van der Waals surface area contributed by atoms with Crippen molar-refractivity contribution in [2.24, 2.45) is 0 Å². The van der Waals surface area contributed by atoms with Crippen molar-refractivity contribution in [2.45, 2.75) is 26.7 Å². The highest BCUT2D eigenvalue weighted by atomic mass is 16.5. The molecule has 1 amide bonds. The largest absolute Gasteiger partial charge is 0.495 e. The van der Waals surface area contributed by atoms with Gasteiger partial charge in [-0.3, -0.25) is 9.69 Å². The first-order valence-electron chi connectivity index (χ1n) is 10.2. The van der Waals surface area contributed by atoms with Gasteiger partial charge in [-0.1, -0.05) is 44.2 Å². The third kappa shape index (κ3) is 4.65. The monoisotopic (exact) mass is 381 g/mol. The van der Waals surface area contributed by atoms with Gasteiger partial charge in [-0.15, -0.1) is 0 Å². The molecule has 0 saturated carbocycles. The van der Waals surface area contributed by atoms with Gasteiger partial charge in [0.15, 0.2) is 0 Å². The van der Waals surface area contributed by atoms with Crippen molar-refractivity contribution in [3.63, 3.8) is 0 Å². The number of hydrogen-bond donors (Lipinski definition) is 1. The van der Waals surface area contributed by atoms with Crippen LogP contribution in [0.5, 0.6) is 5.75 Å². The lowest BCUT2D eigenvalue weighted by Gasteiger charge is -2.36. The molecule has 0 aliphatic carbocycles. The molecule has 0 atom stereocenters. The number of carbonyl (C=O) groups is 1. The molecule has 1 heterocycles. The number of benzene rings is 2. The molecular formula is C23H31N3O2. The maximum absolute atomic E-state index is 12.7. The number of aryl methyl sites for hydroxylation is 2. The van der Waals surface area contributed by atoms with Crippen LogP contribution in [0.1, 0.15) is 25.0 Å². The van der Waals surface area contributed by atoms with Crippen molar-refractivity contribution in [1.29, 1.82) is 0 Å². The van der Waals surface area contributed by atoms with E-state index in [-0.39, 0.29) is 5.91 Å². The molecule has 0 radical (unpaired) electrons. The van der Waals surface area contributed by atoms with Crippen LogP contribution in [0.2, 0.25) is 0 Å². The smallest absolute Gasteiger partial charge is 0.238 e. The van der Waals surface area contributed by atoms with Crippen LogP contribution < -0.4 is 15.0 Å². The highest BCUT2D eigenvalue weighted by molar-refractivity contribution is 5.93. The van der Waals surface area contributed by atoms with Gasteiger partial charge < -0.3 is 15.0 Å². The summed E-state index contributed by atoms with van der Waals surface area (Å²) in [6.45, 7) is 8.19. The summed E-state index contributed by atoms with van der Waals surface area (Å²) >= 11 is 0. The van der Waals surface area contributed by atoms with E-state index in [0.29, 0.717) is 6.54 Å². The van der Waals surface area contributed by atoms with Gasteiger partial charge in [0.05, 0.1) is 19.3 Å². The Morgan fingerprint density at radius 1 is 0.964 bits per heavy atom. The topological polar surface area (TPSA) is 44.8 Å². The van der Waals surface area contributed by atoms with Gasteiger partial charge in [0.1, 0.15) is 5.75 Å². The van der Waals surface area contributed by atoms with E-state index in [2.05, 4.69) is 53.2 Å². The summed E-state index contributed by atoms with van der Waals surface area (Å²) in [5.41, 5.74) is 4.53. The second-order valence-electron chi connectivity index (χ2n) is 7.14. The quantitative estimate of drug-likeness (QED) is 0.796. The molecule has 0 bridgehead atoms. The number of anilines is 2. The lowest BCUT2D eigenvalue weighted by atomic mass is 10.0. The summed E-state index contributed by atoms with van der Waals surface area (Å²) in [6, 6.07) is 14.4. The third-order valence-electron chi connectivity index (χ3n) is 5.43. The van der Waals surface area contributed by atoms with E-state index < -0.39 is 0 Å². The minimum Gasteiger partial charge on any atom is -0.495 e. The Morgan fingerprint density at radius 3 is 2.21 bits per heavy atom. The maximum atomic E-state index is 12.7. The van der Waals surface area contributed by atoms with Gasteiger partial charge >= 0.3 is 0 Å². The summed E-state index contributed by atoms with van der Waals surface area (Å²) in [4.78, 5) is 17.2. The zero-order chi connectivity index (χ0) is 19.9. The molecule has 2 aromatic rings. The van der Waals surface area contributed by atoms with Crippen LogP contribution in [-0.2, 0) is 17.6 Å². The fourth-order valence-electron chi connectivity index (χ4n) is 3.82. The molecule has 1 saturated heterocycles. The molecule has 1 aliphatic rings. The third-order valence-corrected chi connectivity index (χ3v) is 5.43. The fourth-order valence-corrected chi connectivity index (χ4v) is 3.82. The first kappa shape index (κ1) is 20.2. The minimum absolute atomic E-state index is 0.0707. The van der Waals surface area contributed by atoms with Gasteiger partial charge in [-0.2, -0.15) is 0 Å². The van der Waals surface area contributed by atoms with Crippen molar-refractivity contribution in [3.05, 3.63) is 53.6 Å². The Balaban J connectivity index is 1.57. The fraction of sp³-hybridized carbons (Fsp3) is 0.435. The highest BCUT2D eigenvalue weighted by Crippen LogP contribution is 2.28. The number of hydrogen-bond acceptors (Lipinski definition) is 4. The van der Waals surface area contributed by atoms with E-state index in [4.69, 9.17) is 4.74 Å². The lowest BCUT2D eigenvalue weighted by molar-refractivity contribution is -0.117. The number of ether oxygens (including phenoxy) is 1. The summed E-state index contributed by atoms with van der Waals surface area (Å²) in [7, 11) is 1.71. The zero-order valence-corrected chi connectivity index (χ0v) is 17.2. The molecular weight excluding hydrogens is 350 g/mol. The molecule has 5 nitrogen and oxygen atoms in total. The molecule has 0 unspecified atom stereocenters. The molecule has 28 heavy (non-hydrogen) atoms. The van der Waals surface area contributed by atoms with Crippen LogP contribution in [0, 0.1) is 0 Å². The van der Waals surface area contributed by atoms with E-state index in [1.165, 1.54) is 11.1 Å². The second-order valence-corrected chi connectivity index (χ2v) is 7.14. The van der Waals surface area contributed by atoms with Crippen LogP contribution in [0.3, 0.4) is 0 Å². The summed E-state index contributed by atoms with van der Waals surface area (Å²) in [6.07, 6.45) is 1.84. The average molecular weight is 382 g/mol. The number of rotatable bonds is 7. The Hall–Kier alpha value is -2.53. The van der Waals surface area contributed by atoms with Crippen LogP contribution in [0.4, 0.5) is 11.4 Å². The second kappa shape index (κ2) is 9.60. The standard InChI is InChI=1S/C23H31N3O2/c1-4-18-9-8-10-19(5-2)23(18)24-22(27)17-25-13-15-26(16-14-25)20-11-6-7-12-21(20)28-3/h6-12H,4-5,13-17H2,1-3H3,(H,24,27). The van der Waals surface area contributed by atoms with Crippen LogP contribution in [0.25, 0.3) is 0 Å². The van der Waals surface area contributed by atoms with Crippen LogP contribution in [0.15, 0.2) is 42.5 Å². The Morgan fingerprint density at radius 2 is 1.61 bits per heavy atom. The first-order chi connectivity index (χ1) is 13.7. The number of nitrogens with one attached hydrogen (secondary N) is 1. The molecule has 2 aromatic carbocycles. The van der Waals surface area contributed by atoms with E-state index in [1.54, 1.807) is 7.11 Å². The van der Waals surface area contributed by atoms with Crippen molar-refractivity contribution < 1.29 is 9.53 Å². The average Bonchev–Trinajstić information content (AvgIpc) is 2.74. The van der Waals surface area contributed by atoms with E-state index >= 15 is 0 Å². The molecule has 5 heteroatoms. The number of methoxy groups -OCH3 is 1. The van der Waals surface area contributed by atoms with E-state index in [9.17, 15) is 4.79 Å².